The highest BCUT2D eigenvalue weighted by Crippen LogP contribution is 2.24. The van der Waals surface area contributed by atoms with Gasteiger partial charge >= 0.3 is 5.97 Å². The summed E-state index contributed by atoms with van der Waals surface area (Å²) in [6, 6.07) is 0. The molecule has 1 saturated heterocycles. The third kappa shape index (κ3) is 3.16. The topological polar surface area (TPSA) is 63.0 Å². The summed E-state index contributed by atoms with van der Waals surface area (Å²) in [6.45, 7) is 6.19. The van der Waals surface area contributed by atoms with Crippen LogP contribution in [0.15, 0.2) is 11.5 Å². The molecule has 0 amide bonds. The van der Waals surface area contributed by atoms with Crippen LogP contribution in [0.3, 0.4) is 0 Å². The van der Waals surface area contributed by atoms with Crippen molar-refractivity contribution in [3.8, 4) is 0 Å². The van der Waals surface area contributed by atoms with Crippen LogP contribution in [0.4, 0.5) is 0 Å². The number of carbonyl (C=O) groups is 1. The molecule has 102 valence electrons. The van der Waals surface area contributed by atoms with Crippen LogP contribution in [-0.4, -0.2) is 31.4 Å². The Morgan fingerprint density at radius 3 is 2.50 bits per heavy atom. The second-order valence-corrected chi connectivity index (χ2v) is 5.47. The van der Waals surface area contributed by atoms with E-state index in [1.165, 1.54) is 24.2 Å². The van der Waals surface area contributed by atoms with Crippen LogP contribution in [0.2, 0.25) is 0 Å². The highest BCUT2D eigenvalue weighted by atomic mass is 16.8. The molecule has 2 rings (SSSR count). The molecular formula is C13H21NO4. The monoisotopic (exact) mass is 255 g/mol. The lowest BCUT2D eigenvalue weighted by Gasteiger charge is -2.39. The van der Waals surface area contributed by atoms with Crippen molar-refractivity contribution < 1.29 is 24.3 Å². The van der Waals surface area contributed by atoms with Crippen molar-refractivity contribution in [2.24, 2.45) is 0 Å². The second-order valence-electron chi connectivity index (χ2n) is 5.47. The van der Waals surface area contributed by atoms with Crippen molar-refractivity contribution >= 4 is 5.97 Å². The highest BCUT2D eigenvalue weighted by molar-refractivity contribution is 5.89. The molecule has 5 nitrogen and oxygen atoms in total. The Hall–Kier alpha value is -1.23. The fourth-order valence-electron chi connectivity index (χ4n) is 2.48. The SMILES string of the molecule is CC1(C)OC(=O)C(CC[NH+]2CCCCC2)=C([O-])O1. The molecule has 18 heavy (non-hydrogen) atoms. The zero-order valence-corrected chi connectivity index (χ0v) is 11.1. The third-order valence-corrected chi connectivity index (χ3v) is 3.46. The van der Waals surface area contributed by atoms with Crippen molar-refractivity contribution in [1.29, 1.82) is 0 Å². The smallest absolute Gasteiger partial charge is 0.337 e. The fraction of sp³-hybridized carbons (Fsp3) is 0.769. The number of carbonyl (C=O) groups excluding carboxylic acids is 1. The number of piperidine rings is 1. The van der Waals surface area contributed by atoms with Gasteiger partial charge in [-0.2, -0.15) is 0 Å². The van der Waals surface area contributed by atoms with Gasteiger partial charge in [0.2, 0.25) is 0 Å². The summed E-state index contributed by atoms with van der Waals surface area (Å²) in [5, 5.41) is 11.7. The van der Waals surface area contributed by atoms with Gasteiger partial charge in [0.05, 0.1) is 31.2 Å². The van der Waals surface area contributed by atoms with Crippen LogP contribution >= 0.6 is 0 Å². The molecule has 0 aromatic heterocycles. The average molecular weight is 255 g/mol. The number of hydrogen-bond donors (Lipinski definition) is 1. The van der Waals surface area contributed by atoms with Crippen LogP contribution in [0, 0.1) is 0 Å². The number of likely N-dealkylation sites (tertiary alicyclic amines) is 1. The Labute approximate surface area is 107 Å². The summed E-state index contributed by atoms with van der Waals surface area (Å²) in [5.74, 6) is -2.17. The highest BCUT2D eigenvalue weighted by Gasteiger charge is 2.29. The molecule has 5 heteroatoms. The summed E-state index contributed by atoms with van der Waals surface area (Å²) in [6.07, 6.45) is 4.20. The van der Waals surface area contributed by atoms with Gasteiger partial charge in [-0.25, -0.2) is 4.79 Å². The van der Waals surface area contributed by atoms with E-state index in [1.54, 1.807) is 13.8 Å². The van der Waals surface area contributed by atoms with Gasteiger partial charge in [0.25, 0.3) is 0 Å². The molecule has 0 radical (unpaired) electrons. The first-order valence-electron chi connectivity index (χ1n) is 6.64. The first-order valence-corrected chi connectivity index (χ1v) is 6.64. The van der Waals surface area contributed by atoms with Gasteiger partial charge < -0.3 is 19.5 Å². The predicted octanol–water partition coefficient (Wildman–Crippen LogP) is -0.673. The zero-order chi connectivity index (χ0) is 13.2. The van der Waals surface area contributed by atoms with Crippen LogP contribution in [0.5, 0.6) is 0 Å². The van der Waals surface area contributed by atoms with Crippen LogP contribution in [0.1, 0.15) is 39.5 Å². The largest absolute Gasteiger partial charge is 0.575 e. The molecule has 2 aliphatic heterocycles. The van der Waals surface area contributed by atoms with Crippen molar-refractivity contribution in [1.82, 2.24) is 0 Å². The fourth-order valence-corrected chi connectivity index (χ4v) is 2.48. The van der Waals surface area contributed by atoms with Crippen molar-refractivity contribution in [2.75, 3.05) is 19.6 Å². The minimum absolute atomic E-state index is 0.160. The van der Waals surface area contributed by atoms with E-state index < -0.39 is 17.7 Å². The Kier molecular flexibility index (Phi) is 3.80. The van der Waals surface area contributed by atoms with E-state index in [4.69, 9.17) is 9.47 Å². The lowest BCUT2D eigenvalue weighted by Crippen LogP contribution is -3.12. The maximum atomic E-state index is 11.7. The summed E-state index contributed by atoms with van der Waals surface area (Å²) in [5.41, 5.74) is 0.160. The van der Waals surface area contributed by atoms with Crippen molar-refractivity contribution in [2.45, 2.75) is 45.3 Å². The molecule has 1 N–H and O–H groups in total. The molecule has 0 saturated carbocycles. The average Bonchev–Trinajstić information content (AvgIpc) is 2.27. The number of nitrogens with one attached hydrogen (secondary N) is 1. The lowest BCUT2D eigenvalue weighted by molar-refractivity contribution is -0.904. The van der Waals surface area contributed by atoms with Gasteiger partial charge in [0.1, 0.15) is 0 Å². The molecule has 1 fully saturated rings. The molecule has 0 aliphatic carbocycles. The molecule has 0 spiro atoms. The molecule has 2 heterocycles. The van der Waals surface area contributed by atoms with E-state index in [2.05, 4.69) is 0 Å². The minimum atomic E-state index is -1.13. The molecule has 0 bridgehead atoms. The van der Waals surface area contributed by atoms with E-state index >= 15 is 0 Å². The minimum Gasteiger partial charge on any atom is -0.575 e. The predicted molar refractivity (Wildman–Crippen MR) is 62.3 cm³/mol. The van der Waals surface area contributed by atoms with Crippen LogP contribution < -0.4 is 10.0 Å². The first kappa shape index (κ1) is 13.2. The summed E-state index contributed by atoms with van der Waals surface area (Å²) >= 11 is 0. The number of rotatable bonds is 3. The van der Waals surface area contributed by atoms with E-state index in [-0.39, 0.29) is 5.57 Å². The maximum Gasteiger partial charge on any atom is 0.337 e. The number of hydrogen-bond acceptors (Lipinski definition) is 4. The Balaban J connectivity index is 1.93. The van der Waals surface area contributed by atoms with E-state index in [0.29, 0.717) is 6.42 Å². The zero-order valence-electron chi connectivity index (χ0n) is 11.1. The number of quaternary nitrogens is 1. The number of cyclic esters (lactones) is 1. The van der Waals surface area contributed by atoms with Gasteiger partial charge in [0.15, 0.2) is 5.79 Å². The molecule has 0 aromatic carbocycles. The van der Waals surface area contributed by atoms with Crippen molar-refractivity contribution in [3.05, 3.63) is 11.5 Å². The normalized spacial score (nSPS) is 24.7. The van der Waals surface area contributed by atoms with E-state index in [0.717, 1.165) is 19.6 Å². The number of ether oxygens (including phenoxy) is 2. The third-order valence-electron chi connectivity index (χ3n) is 3.46. The van der Waals surface area contributed by atoms with Gasteiger partial charge in [-0.1, -0.05) is 0 Å². The summed E-state index contributed by atoms with van der Waals surface area (Å²) in [4.78, 5) is 13.2. The van der Waals surface area contributed by atoms with Crippen molar-refractivity contribution in [3.63, 3.8) is 0 Å². The quantitative estimate of drug-likeness (QED) is 0.679. The van der Waals surface area contributed by atoms with Crippen LogP contribution in [0.25, 0.3) is 0 Å². The molecule has 0 unspecified atom stereocenters. The molecular weight excluding hydrogens is 234 g/mol. The Morgan fingerprint density at radius 1 is 1.22 bits per heavy atom. The number of esters is 1. The summed E-state index contributed by atoms with van der Waals surface area (Å²) in [7, 11) is 0. The lowest BCUT2D eigenvalue weighted by atomic mass is 10.1. The molecule has 0 atom stereocenters. The molecule has 0 aromatic rings. The Bertz CT molecular complexity index is 356. The van der Waals surface area contributed by atoms with Gasteiger partial charge in [-0.3, -0.25) is 0 Å². The van der Waals surface area contributed by atoms with Gasteiger partial charge in [0, 0.05) is 6.42 Å². The Morgan fingerprint density at radius 2 is 1.89 bits per heavy atom. The van der Waals surface area contributed by atoms with Crippen LogP contribution in [-0.2, 0) is 14.3 Å². The molecule has 2 aliphatic rings. The van der Waals surface area contributed by atoms with Gasteiger partial charge in [-0.15, -0.1) is 0 Å². The van der Waals surface area contributed by atoms with E-state index in [1.807, 2.05) is 0 Å². The van der Waals surface area contributed by atoms with Gasteiger partial charge in [-0.05, 0) is 33.1 Å². The van der Waals surface area contributed by atoms with E-state index in [9.17, 15) is 9.90 Å². The summed E-state index contributed by atoms with van der Waals surface area (Å²) < 4.78 is 10.1. The standard InChI is InChI=1S/C13H21NO4/c1-13(2)17-11(15)10(12(16)18-13)6-9-14-7-4-3-5-8-14/h15H,3-9H2,1-2H3. The first-order chi connectivity index (χ1) is 8.48. The maximum absolute atomic E-state index is 11.7. The second kappa shape index (κ2) is 5.18.